The van der Waals surface area contributed by atoms with Crippen molar-refractivity contribution in [1.29, 1.82) is 0 Å². The lowest BCUT2D eigenvalue weighted by Crippen LogP contribution is -2.26. The number of alkyl carbamates (subject to hydrolysis) is 1. The highest BCUT2D eigenvalue weighted by Gasteiger charge is 2.20. The zero-order chi connectivity index (χ0) is 22.2. The van der Waals surface area contributed by atoms with Gasteiger partial charge in [0.05, 0.1) is 12.1 Å². The van der Waals surface area contributed by atoms with Crippen molar-refractivity contribution < 1.29 is 19.0 Å². The lowest BCUT2D eigenvalue weighted by molar-refractivity contribution is -0.0367. The van der Waals surface area contributed by atoms with Crippen molar-refractivity contribution in [2.24, 2.45) is 0 Å². The molecule has 0 saturated carbocycles. The van der Waals surface area contributed by atoms with Crippen LogP contribution in [0.15, 0.2) is 48.5 Å². The van der Waals surface area contributed by atoms with Crippen molar-refractivity contribution in [1.82, 2.24) is 15.1 Å². The summed E-state index contributed by atoms with van der Waals surface area (Å²) in [5.74, 6) is 3.38. The van der Waals surface area contributed by atoms with Crippen molar-refractivity contribution in [2.75, 3.05) is 19.8 Å². The van der Waals surface area contributed by atoms with Crippen LogP contribution >= 0.6 is 0 Å². The number of amides is 1. The van der Waals surface area contributed by atoms with Gasteiger partial charge in [-0.05, 0) is 55.4 Å². The number of aromatic nitrogens is 2. The highest BCUT2D eigenvalue weighted by atomic mass is 16.5. The van der Waals surface area contributed by atoms with E-state index in [9.17, 15) is 4.79 Å². The molecule has 2 heterocycles. The number of terminal acetylenes is 1. The van der Waals surface area contributed by atoms with Crippen LogP contribution in [-0.2, 0) is 16.1 Å². The molecule has 1 saturated heterocycles. The van der Waals surface area contributed by atoms with E-state index < -0.39 is 6.09 Å². The number of hydrogen-bond donors (Lipinski definition) is 1. The molecule has 7 heteroatoms. The molecule has 32 heavy (non-hydrogen) atoms. The van der Waals surface area contributed by atoms with E-state index in [-0.39, 0.29) is 12.8 Å². The van der Waals surface area contributed by atoms with Crippen LogP contribution in [0.5, 0.6) is 5.75 Å². The van der Waals surface area contributed by atoms with Gasteiger partial charge in [0.25, 0.3) is 0 Å². The Morgan fingerprint density at radius 3 is 2.91 bits per heavy atom. The predicted octanol–water partition coefficient (Wildman–Crippen LogP) is 4.41. The first-order chi connectivity index (χ1) is 15.7. The number of nitrogens with zero attached hydrogens (tertiary/aromatic N) is 2. The van der Waals surface area contributed by atoms with Gasteiger partial charge >= 0.3 is 6.09 Å². The van der Waals surface area contributed by atoms with E-state index >= 15 is 0 Å². The summed E-state index contributed by atoms with van der Waals surface area (Å²) < 4.78 is 18.8. The first-order valence-electron chi connectivity index (χ1n) is 10.9. The monoisotopic (exact) mass is 433 g/mol. The Balaban J connectivity index is 1.25. The van der Waals surface area contributed by atoms with Gasteiger partial charge in [-0.1, -0.05) is 30.3 Å². The molecule has 1 aliphatic rings. The first-order valence-corrected chi connectivity index (χ1v) is 10.9. The van der Waals surface area contributed by atoms with E-state index in [1.807, 2.05) is 53.2 Å². The summed E-state index contributed by atoms with van der Waals surface area (Å²) in [6.07, 6.45) is 8.94. The quantitative estimate of drug-likeness (QED) is 0.421. The van der Waals surface area contributed by atoms with E-state index in [1.165, 1.54) is 0 Å². The summed E-state index contributed by atoms with van der Waals surface area (Å²) in [4.78, 5) is 11.8. The highest BCUT2D eigenvalue weighted by Crippen LogP contribution is 2.30. The maximum absolute atomic E-state index is 11.8. The summed E-state index contributed by atoms with van der Waals surface area (Å²) in [6, 6.07) is 15.4. The van der Waals surface area contributed by atoms with Crippen molar-refractivity contribution in [3.05, 3.63) is 59.8 Å². The minimum atomic E-state index is -0.439. The summed E-state index contributed by atoms with van der Waals surface area (Å²) >= 11 is 0. The van der Waals surface area contributed by atoms with Gasteiger partial charge in [-0.3, -0.25) is 0 Å². The second-order valence-corrected chi connectivity index (χ2v) is 7.63. The molecule has 0 bridgehead atoms. The van der Waals surface area contributed by atoms with E-state index in [0.29, 0.717) is 31.0 Å². The third-order valence-electron chi connectivity index (χ3n) is 5.31. The molecule has 1 N–H and O–H groups in total. The lowest BCUT2D eigenvalue weighted by Gasteiger charge is -2.23. The van der Waals surface area contributed by atoms with Crippen LogP contribution < -0.4 is 10.1 Å². The number of carbonyl (C=O) groups excluding carboxylic acids is 1. The van der Waals surface area contributed by atoms with Gasteiger partial charge in [-0.25, -0.2) is 9.48 Å². The van der Waals surface area contributed by atoms with Gasteiger partial charge in [0.2, 0.25) is 0 Å². The van der Waals surface area contributed by atoms with Gasteiger partial charge in [0.15, 0.2) is 6.23 Å². The maximum atomic E-state index is 11.8. The van der Waals surface area contributed by atoms with Crippen LogP contribution in [0.4, 0.5) is 4.79 Å². The van der Waals surface area contributed by atoms with Crippen LogP contribution in [-0.4, -0.2) is 35.6 Å². The molecule has 7 nitrogen and oxygen atoms in total. The van der Waals surface area contributed by atoms with Gasteiger partial charge in [0, 0.05) is 18.5 Å². The predicted molar refractivity (Wildman–Crippen MR) is 121 cm³/mol. The minimum Gasteiger partial charge on any atom is -0.494 e. The number of rotatable bonds is 8. The van der Waals surface area contributed by atoms with Crippen LogP contribution in [0.2, 0.25) is 0 Å². The van der Waals surface area contributed by atoms with Crippen LogP contribution in [0.1, 0.15) is 43.2 Å². The number of ether oxygens (including phenoxy) is 3. The molecule has 2 aromatic carbocycles. The van der Waals surface area contributed by atoms with Crippen molar-refractivity contribution in [2.45, 2.75) is 38.5 Å². The molecule has 1 atom stereocenters. The first kappa shape index (κ1) is 21.7. The normalized spacial score (nSPS) is 15.8. The molecule has 0 radical (unpaired) electrons. The number of benzene rings is 2. The van der Waals surface area contributed by atoms with E-state index in [2.05, 4.69) is 16.3 Å². The second-order valence-electron chi connectivity index (χ2n) is 7.63. The fourth-order valence-electron chi connectivity index (χ4n) is 3.68. The van der Waals surface area contributed by atoms with Crippen LogP contribution in [0.25, 0.3) is 10.9 Å². The molecular weight excluding hydrogens is 406 g/mol. The Bertz CT molecular complexity index is 1080. The Morgan fingerprint density at radius 1 is 1.25 bits per heavy atom. The number of nitrogens with one attached hydrogen (secondary N) is 1. The lowest BCUT2D eigenvalue weighted by atomic mass is 10.1. The van der Waals surface area contributed by atoms with Crippen LogP contribution in [0.3, 0.4) is 0 Å². The SMILES string of the molecule is C#Cc1nn(C2CCCCO2)c2ccc(OCCCNC(=O)OCc3ccccc3)cc12. The molecule has 0 spiro atoms. The average Bonchev–Trinajstić information content (AvgIpc) is 3.22. The summed E-state index contributed by atoms with van der Waals surface area (Å²) in [6.45, 7) is 1.91. The second kappa shape index (κ2) is 10.7. The van der Waals surface area contributed by atoms with Gasteiger partial charge in [0.1, 0.15) is 18.1 Å². The number of fused-ring (bicyclic) bond motifs is 1. The molecule has 1 aliphatic heterocycles. The molecule has 1 aromatic heterocycles. The Morgan fingerprint density at radius 2 is 2.12 bits per heavy atom. The highest BCUT2D eigenvalue weighted by molar-refractivity contribution is 5.86. The van der Waals surface area contributed by atoms with E-state index in [1.54, 1.807) is 0 Å². The fourth-order valence-corrected chi connectivity index (χ4v) is 3.68. The van der Waals surface area contributed by atoms with Crippen molar-refractivity contribution in [3.63, 3.8) is 0 Å². The third-order valence-corrected chi connectivity index (χ3v) is 5.31. The van der Waals surface area contributed by atoms with Gasteiger partial charge in [-0.15, -0.1) is 6.42 Å². The summed E-state index contributed by atoms with van der Waals surface area (Å²) in [5, 5.41) is 8.19. The summed E-state index contributed by atoms with van der Waals surface area (Å²) in [7, 11) is 0. The van der Waals surface area contributed by atoms with Crippen molar-refractivity contribution >= 4 is 17.0 Å². The Hall–Kier alpha value is -3.50. The molecule has 166 valence electrons. The van der Waals surface area contributed by atoms with Crippen LogP contribution in [0, 0.1) is 12.3 Å². The molecule has 3 aromatic rings. The molecule has 1 unspecified atom stereocenters. The number of carbonyl (C=O) groups is 1. The summed E-state index contributed by atoms with van der Waals surface area (Å²) in [5.41, 5.74) is 2.48. The molecular formula is C25H27N3O4. The van der Waals surface area contributed by atoms with Gasteiger partial charge in [-0.2, -0.15) is 5.10 Å². The zero-order valence-corrected chi connectivity index (χ0v) is 18.0. The van der Waals surface area contributed by atoms with E-state index in [0.717, 1.165) is 42.3 Å². The van der Waals surface area contributed by atoms with E-state index in [4.69, 9.17) is 20.6 Å². The maximum Gasteiger partial charge on any atom is 0.407 e. The molecule has 0 aliphatic carbocycles. The molecule has 1 amide bonds. The largest absolute Gasteiger partial charge is 0.494 e. The molecule has 1 fully saturated rings. The third kappa shape index (κ3) is 5.40. The Kier molecular flexibility index (Phi) is 7.26. The average molecular weight is 434 g/mol. The fraction of sp³-hybridized carbons (Fsp3) is 0.360. The topological polar surface area (TPSA) is 74.6 Å². The van der Waals surface area contributed by atoms with Gasteiger partial charge < -0.3 is 19.5 Å². The zero-order valence-electron chi connectivity index (χ0n) is 18.0. The minimum absolute atomic E-state index is 0.0761. The standard InChI is InChI=1S/C25H27N3O4/c1-2-22-21-17-20(12-13-23(21)28(27-22)24-11-6-7-15-31-24)30-16-8-14-26-25(29)32-18-19-9-4-3-5-10-19/h1,3-5,9-10,12-13,17,24H,6-8,11,14-16,18H2,(H,26,29). The Labute approximate surface area is 187 Å². The van der Waals surface area contributed by atoms with Crippen molar-refractivity contribution in [3.8, 4) is 18.1 Å². The molecule has 4 rings (SSSR count). The smallest absolute Gasteiger partial charge is 0.407 e. The number of hydrogen-bond acceptors (Lipinski definition) is 5.